The normalized spacial score (nSPS) is 15.4. The zero-order valence-corrected chi connectivity index (χ0v) is 26.1. The topological polar surface area (TPSA) is 6.48 Å². The lowest BCUT2D eigenvalue weighted by molar-refractivity contribution is 0.135. The third kappa shape index (κ3) is 20.0. The Hall–Kier alpha value is -0.660. The first kappa shape index (κ1) is 34.4. The van der Waals surface area contributed by atoms with Crippen molar-refractivity contribution in [3.8, 4) is 0 Å². The van der Waals surface area contributed by atoms with E-state index >= 15 is 0 Å². The fourth-order valence-electron chi connectivity index (χ4n) is 6.01. The maximum Gasteiger partial charge on any atom is 0.101 e. The summed E-state index contributed by atoms with van der Waals surface area (Å²) >= 11 is 0. The molecule has 0 saturated carbocycles. The Balaban J connectivity index is 2.12. The molecular formula is C35H70N2. The minimum absolute atomic E-state index is 0.642. The van der Waals surface area contributed by atoms with E-state index in [4.69, 9.17) is 0 Å². The molecule has 2 heteroatoms. The van der Waals surface area contributed by atoms with Gasteiger partial charge >= 0.3 is 0 Å². The summed E-state index contributed by atoms with van der Waals surface area (Å²) in [5.74, 6) is 0. The van der Waals surface area contributed by atoms with Crippen molar-refractivity contribution in [2.45, 2.75) is 200 Å². The summed E-state index contributed by atoms with van der Waals surface area (Å²) in [4.78, 5) is 5.37. The molecule has 1 heterocycles. The molecule has 1 unspecified atom stereocenters. The van der Waals surface area contributed by atoms with Crippen molar-refractivity contribution in [3.63, 3.8) is 0 Å². The van der Waals surface area contributed by atoms with Gasteiger partial charge in [0.25, 0.3) is 0 Å². The SMILES string of the molecule is CCCCCCCCCCCCCCCCCC1N(CCCCCC)C=CN1CCCCCCCCC. The van der Waals surface area contributed by atoms with Crippen molar-refractivity contribution in [1.82, 2.24) is 9.80 Å². The van der Waals surface area contributed by atoms with Crippen molar-refractivity contribution in [2.24, 2.45) is 0 Å². The summed E-state index contributed by atoms with van der Waals surface area (Å²) in [5, 5.41) is 0. The van der Waals surface area contributed by atoms with Gasteiger partial charge in [-0.25, -0.2) is 0 Å². The lowest BCUT2D eigenvalue weighted by Gasteiger charge is -2.33. The van der Waals surface area contributed by atoms with Gasteiger partial charge in [-0.1, -0.05) is 168 Å². The van der Waals surface area contributed by atoms with Crippen LogP contribution in [0.2, 0.25) is 0 Å². The van der Waals surface area contributed by atoms with Gasteiger partial charge in [0.2, 0.25) is 0 Å². The van der Waals surface area contributed by atoms with Gasteiger partial charge in [-0.3, -0.25) is 0 Å². The standard InChI is InChI=1S/C35H70N2/c1-4-7-10-13-15-16-17-18-19-20-21-22-23-25-27-30-35-36(31-28-12-9-6-3)33-34-37(35)32-29-26-24-14-11-8-5-2/h33-35H,4-32H2,1-3H3. The van der Waals surface area contributed by atoms with Crippen LogP contribution in [0.4, 0.5) is 0 Å². The average Bonchev–Trinajstić information content (AvgIpc) is 3.29. The Morgan fingerprint density at radius 3 is 0.973 bits per heavy atom. The van der Waals surface area contributed by atoms with Gasteiger partial charge in [0.1, 0.15) is 6.17 Å². The molecular weight excluding hydrogens is 448 g/mol. The summed E-state index contributed by atoms with van der Waals surface area (Å²) < 4.78 is 0. The molecule has 37 heavy (non-hydrogen) atoms. The van der Waals surface area contributed by atoms with Gasteiger partial charge in [0.15, 0.2) is 0 Å². The predicted octanol–water partition coefficient (Wildman–Crippen LogP) is 12.0. The highest BCUT2D eigenvalue weighted by Crippen LogP contribution is 2.24. The van der Waals surface area contributed by atoms with E-state index in [1.54, 1.807) is 0 Å². The molecule has 2 nitrogen and oxygen atoms in total. The maximum atomic E-state index is 2.69. The Morgan fingerprint density at radius 2 is 0.622 bits per heavy atom. The Morgan fingerprint density at radius 1 is 0.351 bits per heavy atom. The van der Waals surface area contributed by atoms with Gasteiger partial charge in [-0.05, 0) is 25.7 Å². The zero-order valence-electron chi connectivity index (χ0n) is 26.1. The monoisotopic (exact) mass is 519 g/mol. The van der Waals surface area contributed by atoms with Crippen LogP contribution in [0.1, 0.15) is 194 Å². The zero-order chi connectivity index (χ0) is 26.7. The molecule has 0 radical (unpaired) electrons. The van der Waals surface area contributed by atoms with Crippen LogP contribution in [0, 0.1) is 0 Å². The minimum atomic E-state index is 0.642. The molecule has 220 valence electrons. The predicted molar refractivity (Wildman–Crippen MR) is 168 cm³/mol. The summed E-state index contributed by atoms with van der Waals surface area (Å²) in [5.41, 5.74) is 0. The average molecular weight is 519 g/mol. The largest absolute Gasteiger partial charge is 0.356 e. The second kappa shape index (κ2) is 26.9. The summed E-state index contributed by atoms with van der Waals surface area (Å²) in [6.07, 6.45) is 44.0. The highest BCUT2D eigenvalue weighted by Gasteiger charge is 2.24. The molecule has 0 aromatic rings. The van der Waals surface area contributed by atoms with Crippen molar-refractivity contribution >= 4 is 0 Å². The number of unbranched alkanes of at least 4 members (excludes halogenated alkanes) is 23. The lowest BCUT2D eigenvalue weighted by Crippen LogP contribution is -2.39. The van der Waals surface area contributed by atoms with Crippen LogP contribution in [0.3, 0.4) is 0 Å². The molecule has 0 spiro atoms. The number of hydrogen-bond acceptors (Lipinski definition) is 2. The van der Waals surface area contributed by atoms with Crippen molar-refractivity contribution < 1.29 is 0 Å². The van der Waals surface area contributed by atoms with E-state index in [1.807, 2.05) is 0 Å². The fraction of sp³-hybridized carbons (Fsp3) is 0.943. The molecule has 0 amide bonds. The molecule has 0 aromatic carbocycles. The summed E-state index contributed by atoms with van der Waals surface area (Å²) in [6, 6.07) is 0. The van der Waals surface area contributed by atoms with Gasteiger partial charge < -0.3 is 9.80 Å². The first-order valence-electron chi connectivity index (χ1n) is 17.5. The third-order valence-corrected chi connectivity index (χ3v) is 8.57. The van der Waals surface area contributed by atoms with E-state index in [9.17, 15) is 0 Å². The van der Waals surface area contributed by atoms with E-state index in [0.29, 0.717) is 6.17 Å². The Labute approximate surface area is 235 Å². The van der Waals surface area contributed by atoms with Gasteiger partial charge in [0, 0.05) is 25.5 Å². The van der Waals surface area contributed by atoms with Gasteiger partial charge in [-0.2, -0.15) is 0 Å². The van der Waals surface area contributed by atoms with Gasteiger partial charge in [-0.15, -0.1) is 0 Å². The van der Waals surface area contributed by atoms with E-state index in [2.05, 4.69) is 43.0 Å². The minimum Gasteiger partial charge on any atom is -0.356 e. The maximum absolute atomic E-state index is 2.69. The molecule has 0 saturated heterocycles. The molecule has 1 rings (SSSR count). The van der Waals surface area contributed by atoms with Crippen molar-refractivity contribution in [3.05, 3.63) is 12.4 Å². The second-order valence-corrected chi connectivity index (χ2v) is 12.2. The number of hydrogen-bond donors (Lipinski definition) is 0. The van der Waals surface area contributed by atoms with Crippen LogP contribution in [0.15, 0.2) is 12.4 Å². The van der Waals surface area contributed by atoms with Crippen LogP contribution in [-0.4, -0.2) is 29.1 Å². The quantitative estimate of drug-likeness (QED) is 0.0908. The highest BCUT2D eigenvalue weighted by molar-refractivity contribution is 4.97. The highest BCUT2D eigenvalue weighted by atomic mass is 15.4. The molecule has 0 bridgehead atoms. The number of rotatable bonds is 29. The molecule has 0 aliphatic carbocycles. The first-order chi connectivity index (χ1) is 18.3. The van der Waals surface area contributed by atoms with Crippen LogP contribution in [0.5, 0.6) is 0 Å². The van der Waals surface area contributed by atoms with E-state index in [-0.39, 0.29) is 0 Å². The summed E-state index contributed by atoms with van der Waals surface area (Å²) in [6.45, 7) is 9.46. The van der Waals surface area contributed by atoms with Crippen LogP contribution < -0.4 is 0 Å². The van der Waals surface area contributed by atoms with E-state index in [0.717, 1.165) is 0 Å². The van der Waals surface area contributed by atoms with Crippen molar-refractivity contribution in [1.29, 1.82) is 0 Å². The van der Waals surface area contributed by atoms with E-state index in [1.165, 1.54) is 186 Å². The van der Waals surface area contributed by atoms with Crippen LogP contribution in [-0.2, 0) is 0 Å². The third-order valence-electron chi connectivity index (χ3n) is 8.57. The Kier molecular flexibility index (Phi) is 25.0. The van der Waals surface area contributed by atoms with E-state index < -0.39 is 0 Å². The molecule has 0 fully saturated rings. The van der Waals surface area contributed by atoms with Crippen LogP contribution in [0.25, 0.3) is 0 Å². The lowest BCUT2D eigenvalue weighted by atomic mass is 10.0. The van der Waals surface area contributed by atoms with Crippen LogP contribution >= 0.6 is 0 Å². The number of nitrogens with zero attached hydrogens (tertiary/aromatic N) is 2. The molecule has 1 aliphatic rings. The molecule has 1 aliphatic heterocycles. The smallest absolute Gasteiger partial charge is 0.101 e. The molecule has 0 aromatic heterocycles. The fourth-order valence-corrected chi connectivity index (χ4v) is 6.01. The molecule has 1 atom stereocenters. The summed E-state index contributed by atoms with van der Waals surface area (Å²) in [7, 11) is 0. The first-order valence-corrected chi connectivity index (χ1v) is 17.5. The Bertz CT molecular complexity index is 474. The molecule has 0 N–H and O–H groups in total. The van der Waals surface area contributed by atoms with Gasteiger partial charge in [0.05, 0.1) is 0 Å². The second-order valence-electron chi connectivity index (χ2n) is 12.2. The van der Waals surface area contributed by atoms with Crippen molar-refractivity contribution in [2.75, 3.05) is 13.1 Å².